The van der Waals surface area contributed by atoms with Crippen molar-refractivity contribution < 1.29 is 0 Å². The molecular formula is C17H25NS. The van der Waals surface area contributed by atoms with Crippen molar-refractivity contribution in [1.29, 1.82) is 0 Å². The maximum Gasteiger partial charge on any atom is 0.0341 e. The number of benzene rings is 1. The van der Waals surface area contributed by atoms with Crippen LogP contribution in [0.4, 0.5) is 0 Å². The van der Waals surface area contributed by atoms with Gasteiger partial charge in [0.15, 0.2) is 0 Å². The van der Waals surface area contributed by atoms with Gasteiger partial charge in [0.25, 0.3) is 0 Å². The fraction of sp³-hybridized carbons (Fsp3) is 0.647. The van der Waals surface area contributed by atoms with Crippen LogP contribution >= 0.6 is 11.8 Å². The molecule has 1 nitrogen and oxygen atoms in total. The van der Waals surface area contributed by atoms with Gasteiger partial charge in [0.2, 0.25) is 0 Å². The Kier molecular flexibility index (Phi) is 3.91. The van der Waals surface area contributed by atoms with Crippen LogP contribution in [-0.2, 0) is 0 Å². The predicted molar refractivity (Wildman–Crippen MR) is 83.7 cm³/mol. The maximum atomic E-state index is 3.99. The first-order chi connectivity index (χ1) is 9.17. The summed E-state index contributed by atoms with van der Waals surface area (Å²) in [6.07, 6.45) is 6.79. The number of rotatable bonds is 2. The Balaban J connectivity index is 1.77. The fourth-order valence-corrected chi connectivity index (χ4v) is 4.69. The number of nitrogens with one attached hydrogen (secondary N) is 1. The minimum absolute atomic E-state index is 0.456. The SMILES string of the molecule is CC1(C)CCCCC1NC1CCSc2ccccc21. The van der Waals surface area contributed by atoms with Crippen LogP contribution in [0.1, 0.15) is 57.6 Å². The molecule has 0 amide bonds. The van der Waals surface area contributed by atoms with Gasteiger partial charge < -0.3 is 5.32 Å². The van der Waals surface area contributed by atoms with Crippen molar-refractivity contribution in [1.82, 2.24) is 5.32 Å². The van der Waals surface area contributed by atoms with Crippen molar-refractivity contribution in [2.24, 2.45) is 5.41 Å². The molecule has 0 radical (unpaired) electrons. The number of thioether (sulfide) groups is 1. The smallest absolute Gasteiger partial charge is 0.0341 e. The molecule has 1 heterocycles. The van der Waals surface area contributed by atoms with Gasteiger partial charge in [-0.1, -0.05) is 44.9 Å². The molecule has 1 aliphatic heterocycles. The largest absolute Gasteiger partial charge is 0.307 e. The molecule has 104 valence electrons. The van der Waals surface area contributed by atoms with Crippen LogP contribution in [0, 0.1) is 5.41 Å². The summed E-state index contributed by atoms with van der Waals surface area (Å²) in [6, 6.07) is 10.2. The van der Waals surface area contributed by atoms with Crippen molar-refractivity contribution in [2.45, 2.75) is 62.9 Å². The van der Waals surface area contributed by atoms with E-state index in [9.17, 15) is 0 Å². The first-order valence-corrected chi connectivity index (χ1v) is 8.63. The molecule has 1 aromatic carbocycles. The summed E-state index contributed by atoms with van der Waals surface area (Å²) in [5.41, 5.74) is 1.98. The van der Waals surface area contributed by atoms with Gasteiger partial charge in [-0.05, 0) is 42.1 Å². The topological polar surface area (TPSA) is 12.0 Å². The lowest BCUT2D eigenvalue weighted by molar-refractivity contribution is 0.153. The summed E-state index contributed by atoms with van der Waals surface area (Å²) in [5, 5.41) is 3.99. The van der Waals surface area contributed by atoms with E-state index in [0.29, 0.717) is 17.5 Å². The van der Waals surface area contributed by atoms with Gasteiger partial charge >= 0.3 is 0 Å². The standard InChI is InChI=1S/C17H25NS/c1-17(2)11-6-5-9-16(17)18-14-10-12-19-15-8-4-3-7-13(14)15/h3-4,7-8,14,16,18H,5-6,9-12H2,1-2H3. The quantitative estimate of drug-likeness (QED) is 0.833. The van der Waals surface area contributed by atoms with Crippen molar-refractivity contribution >= 4 is 11.8 Å². The highest BCUT2D eigenvalue weighted by Crippen LogP contribution is 2.40. The lowest BCUT2D eigenvalue weighted by Gasteiger charge is -2.42. The van der Waals surface area contributed by atoms with Crippen molar-refractivity contribution in [3.63, 3.8) is 0 Å². The average molecular weight is 275 g/mol. The Hall–Kier alpha value is -0.470. The van der Waals surface area contributed by atoms with Crippen LogP contribution in [0.3, 0.4) is 0 Å². The lowest BCUT2D eigenvalue weighted by atomic mass is 9.73. The van der Waals surface area contributed by atoms with E-state index in [0.717, 1.165) is 0 Å². The number of hydrogen-bond donors (Lipinski definition) is 1. The molecule has 2 atom stereocenters. The Labute approximate surface area is 121 Å². The van der Waals surface area contributed by atoms with Crippen molar-refractivity contribution in [3.05, 3.63) is 29.8 Å². The van der Waals surface area contributed by atoms with Gasteiger partial charge in [-0.25, -0.2) is 0 Å². The average Bonchev–Trinajstić information content (AvgIpc) is 2.41. The minimum Gasteiger partial charge on any atom is -0.307 e. The van der Waals surface area contributed by atoms with Gasteiger partial charge in [0.05, 0.1) is 0 Å². The normalized spacial score (nSPS) is 29.8. The zero-order valence-electron chi connectivity index (χ0n) is 12.1. The summed E-state index contributed by atoms with van der Waals surface area (Å²) in [5.74, 6) is 1.25. The molecule has 0 spiro atoms. The van der Waals surface area contributed by atoms with E-state index in [1.54, 1.807) is 0 Å². The third-order valence-corrected chi connectivity index (χ3v) is 5.99. The summed E-state index contributed by atoms with van der Waals surface area (Å²) in [7, 11) is 0. The lowest BCUT2D eigenvalue weighted by Crippen LogP contribution is -2.46. The first kappa shape index (κ1) is 13.5. The summed E-state index contributed by atoms with van der Waals surface area (Å²) >= 11 is 2.01. The first-order valence-electron chi connectivity index (χ1n) is 7.64. The van der Waals surface area contributed by atoms with Crippen molar-refractivity contribution in [3.8, 4) is 0 Å². The zero-order valence-corrected chi connectivity index (χ0v) is 12.9. The van der Waals surface area contributed by atoms with Gasteiger partial charge in [0.1, 0.15) is 0 Å². The maximum absolute atomic E-state index is 3.99. The van der Waals surface area contributed by atoms with Crippen LogP contribution in [0.15, 0.2) is 29.2 Å². The third-order valence-electron chi connectivity index (χ3n) is 4.87. The molecule has 0 bridgehead atoms. The fourth-order valence-electron chi connectivity index (χ4n) is 3.56. The van der Waals surface area contributed by atoms with Gasteiger partial charge in [0, 0.05) is 17.0 Å². The Morgan fingerprint density at radius 2 is 2.00 bits per heavy atom. The molecule has 1 saturated carbocycles. The molecule has 0 aromatic heterocycles. The van der Waals surface area contributed by atoms with Crippen LogP contribution in [0.25, 0.3) is 0 Å². The van der Waals surface area contributed by atoms with E-state index in [-0.39, 0.29) is 0 Å². The van der Waals surface area contributed by atoms with E-state index >= 15 is 0 Å². The van der Waals surface area contributed by atoms with Crippen LogP contribution in [-0.4, -0.2) is 11.8 Å². The third kappa shape index (κ3) is 2.85. The monoisotopic (exact) mass is 275 g/mol. The second kappa shape index (κ2) is 5.49. The molecule has 1 N–H and O–H groups in total. The molecule has 2 unspecified atom stereocenters. The highest BCUT2D eigenvalue weighted by molar-refractivity contribution is 7.99. The van der Waals surface area contributed by atoms with Crippen LogP contribution < -0.4 is 5.32 Å². The highest BCUT2D eigenvalue weighted by Gasteiger charge is 2.34. The molecule has 1 fully saturated rings. The summed E-state index contributed by atoms with van der Waals surface area (Å²) in [6.45, 7) is 4.88. The second-order valence-electron chi connectivity index (χ2n) is 6.68. The van der Waals surface area contributed by atoms with E-state index in [1.165, 1.54) is 48.3 Å². The van der Waals surface area contributed by atoms with E-state index in [1.807, 2.05) is 11.8 Å². The van der Waals surface area contributed by atoms with E-state index in [4.69, 9.17) is 0 Å². The Morgan fingerprint density at radius 1 is 1.16 bits per heavy atom. The Bertz CT molecular complexity index is 441. The van der Waals surface area contributed by atoms with Gasteiger partial charge in [-0.15, -0.1) is 11.8 Å². The Morgan fingerprint density at radius 3 is 2.84 bits per heavy atom. The summed E-state index contributed by atoms with van der Waals surface area (Å²) < 4.78 is 0. The molecular weight excluding hydrogens is 250 g/mol. The van der Waals surface area contributed by atoms with Gasteiger partial charge in [-0.3, -0.25) is 0 Å². The van der Waals surface area contributed by atoms with Crippen LogP contribution in [0.2, 0.25) is 0 Å². The zero-order chi connectivity index (χ0) is 13.3. The molecule has 2 aliphatic rings. The molecule has 1 aliphatic carbocycles. The molecule has 1 aromatic rings. The number of fused-ring (bicyclic) bond motifs is 1. The molecule has 2 heteroatoms. The molecule has 19 heavy (non-hydrogen) atoms. The highest BCUT2D eigenvalue weighted by atomic mass is 32.2. The number of hydrogen-bond acceptors (Lipinski definition) is 2. The second-order valence-corrected chi connectivity index (χ2v) is 7.82. The molecule has 0 saturated heterocycles. The van der Waals surface area contributed by atoms with Gasteiger partial charge in [-0.2, -0.15) is 0 Å². The predicted octanol–water partition coefficient (Wildman–Crippen LogP) is 4.78. The van der Waals surface area contributed by atoms with E-state index < -0.39 is 0 Å². The minimum atomic E-state index is 0.456. The van der Waals surface area contributed by atoms with Crippen molar-refractivity contribution in [2.75, 3.05) is 5.75 Å². The van der Waals surface area contributed by atoms with Crippen LogP contribution in [0.5, 0.6) is 0 Å². The van der Waals surface area contributed by atoms with E-state index in [2.05, 4.69) is 43.4 Å². The molecule has 3 rings (SSSR count). The summed E-state index contributed by atoms with van der Waals surface area (Å²) in [4.78, 5) is 1.49.